The maximum atomic E-state index is 13.1. The van der Waals surface area contributed by atoms with Crippen LogP contribution >= 0.6 is 11.8 Å². The third-order valence-corrected chi connectivity index (χ3v) is 6.74. The van der Waals surface area contributed by atoms with Crippen molar-refractivity contribution >= 4 is 39.8 Å². The Balaban J connectivity index is 1.58. The van der Waals surface area contributed by atoms with Gasteiger partial charge in [0.1, 0.15) is 5.75 Å². The fourth-order valence-electron chi connectivity index (χ4n) is 3.72. The van der Waals surface area contributed by atoms with Gasteiger partial charge in [-0.05, 0) is 34.9 Å². The van der Waals surface area contributed by atoms with Crippen molar-refractivity contribution in [1.29, 1.82) is 0 Å². The molecule has 1 saturated heterocycles. The summed E-state index contributed by atoms with van der Waals surface area (Å²) in [6.07, 6.45) is 4.71. The van der Waals surface area contributed by atoms with Crippen molar-refractivity contribution in [1.82, 2.24) is 4.90 Å². The molecular weight excluding hydrogens is 418 g/mol. The molecule has 5 nitrogen and oxygen atoms in total. The van der Waals surface area contributed by atoms with Crippen LogP contribution in [0.3, 0.4) is 0 Å². The summed E-state index contributed by atoms with van der Waals surface area (Å²) >= 11 is 1.52. The van der Waals surface area contributed by atoms with Crippen molar-refractivity contribution in [2.75, 3.05) is 7.11 Å². The Morgan fingerprint density at radius 2 is 1.84 bits per heavy atom. The number of benzene rings is 3. The van der Waals surface area contributed by atoms with Crippen LogP contribution in [0.5, 0.6) is 5.75 Å². The van der Waals surface area contributed by atoms with Crippen molar-refractivity contribution in [3.05, 3.63) is 77.9 Å². The second-order valence-corrected chi connectivity index (χ2v) is 8.89. The molecule has 1 amide bonds. The summed E-state index contributed by atoms with van der Waals surface area (Å²) in [7, 11) is 1.65. The van der Waals surface area contributed by atoms with Gasteiger partial charge in [-0.1, -0.05) is 86.1 Å². The molecule has 0 radical (unpaired) electrons. The summed E-state index contributed by atoms with van der Waals surface area (Å²) in [5, 5.41) is 11.7. The lowest BCUT2D eigenvalue weighted by atomic mass is 10.1. The van der Waals surface area contributed by atoms with Crippen LogP contribution in [0.2, 0.25) is 0 Å². The first-order valence-corrected chi connectivity index (χ1v) is 11.8. The number of nitrogens with zero attached hydrogens (tertiary/aromatic N) is 3. The molecule has 3 aromatic rings. The largest absolute Gasteiger partial charge is 0.497 e. The van der Waals surface area contributed by atoms with Crippen LogP contribution in [0, 0.1) is 0 Å². The molecule has 1 heterocycles. The smallest absolute Gasteiger partial charge is 0.242 e. The van der Waals surface area contributed by atoms with E-state index < -0.39 is 0 Å². The normalized spacial score (nSPS) is 17.7. The number of methoxy groups -OCH3 is 1. The zero-order valence-corrected chi connectivity index (χ0v) is 19.2. The lowest BCUT2D eigenvalue weighted by molar-refractivity contribution is -0.126. The van der Waals surface area contributed by atoms with E-state index in [9.17, 15) is 4.79 Å². The summed E-state index contributed by atoms with van der Waals surface area (Å²) in [5.41, 5.74) is 2.03. The Bertz CT molecular complexity index is 1140. The van der Waals surface area contributed by atoms with E-state index in [4.69, 9.17) is 4.74 Å². The number of thioether (sulfide) groups is 1. The van der Waals surface area contributed by atoms with Crippen molar-refractivity contribution < 1.29 is 9.53 Å². The summed E-state index contributed by atoms with van der Waals surface area (Å²) in [4.78, 5) is 14.9. The van der Waals surface area contributed by atoms with Crippen LogP contribution in [0.15, 0.2) is 76.9 Å². The molecule has 0 bridgehead atoms. The van der Waals surface area contributed by atoms with E-state index in [1.54, 1.807) is 18.2 Å². The van der Waals surface area contributed by atoms with Gasteiger partial charge in [-0.25, -0.2) is 0 Å². The Hall–Kier alpha value is -3.12. The van der Waals surface area contributed by atoms with E-state index in [1.165, 1.54) is 11.8 Å². The average Bonchev–Trinajstić information content (AvgIpc) is 3.12. The molecular formula is C26H27N3O2S. The van der Waals surface area contributed by atoms with Gasteiger partial charge in [0.25, 0.3) is 0 Å². The first kappa shape index (κ1) is 22.1. The third-order valence-electron chi connectivity index (χ3n) is 5.50. The summed E-state index contributed by atoms with van der Waals surface area (Å²) < 4.78 is 5.24. The average molecular weight is 446 g/mol. The van der Waals surface area contributed by atoms with E-state index in [0.717, 1.165) is 46.9 Å². The predicted molar refractivity (Wildman–Crippen MR) is 133 cm³/mol. The van der Waals surface area contributed by atoms with Crippen molar-refractivity contribution in [3.8, 4) is 5.75 Å². The van der Waals surface area contributed by atoms with E-state index in [-0.39, 0.29) is 11.2 Å². The van der Waals surface area contributed by atoms with E-state index in [0.29, 0.717) is 11.7 Å². The molecule has 1 aliphatic heterocycles. The van der Waals surface area contributed by atoms with Crippen molar-refractivity contribution in [3.63, 3.8) is 0 Å². The number of amides is 1. The minimum Gasteiger partial charge on any atom is -0.497 e. The lowest BCUT2D eigenvalue weighted by Gasteiger charge is -2.16. The van der Waals surface area contributed by atoms with Crippen molar-refractivity contribution in [2.45, 2.75) is 38.0 Å². The number of fused-ring (bicyclic) bond motifs is 1. The molecule has 1 fully saturated rings. The van der Waals surface area contributed by atoms with Gasteiger partial charge in [0.2, 0.25) is 5.91 Å². The molecule has 0 spiro atoms. The minimum absolute atomic E-state index is 0.0975. The second kappa shape index (κ2) is 10.5. The topological polar surface area (TPSA) is 54.3 Å². The highest BCUT2D eigenvalue weighted by molar-refractivity contribution is 8.15. The number of rotatable bonds is 8. The molecule has 1 unspecified atom stereocenters. The SMILES string of the molecule is CCCCC1S/C(=N\N=C\c2cccc3ccccc23)N(Cc2ccc(OC)cc2)C1=O. The van der Waals surface area contributed by atoms with Gasteiger partial charge in [-0.3, -0.25) is 9.69 Å². The van der Waals surface area contributed by atoms with E-state index >= 15 is 0 Å². The number of carbonyl (C=O) groups excluding carboxylic acids is 1. The van der Waals surface area contributed by atoms with E-state index in [2.05, 4.69) is 35.3 Å². The Morgan fingerprint density at radius 1 is 1.06 bits per heavy atom. The molecule has 0 aliphatic carbocycles. The van der Waals surface area contributed by atoms with Gasteiger partial charge >= 0.3 is 0 Å². The quantitative estimate of drug-likeness (QED) is 0.322. The van der Waals surface area contributed by atoms with Crippen LogP contribution in [0.25, 0.3) is 10.8 Å². The maximum Gasteiger partial charge on any atom is 0.242 e. The molecule has 32 heavy (non-hydrogen) atoms. The van der Waals surface area contributed by atoms with Crippen molar-refractivity contribution in [2.24, 2.45) is 10.2 Å². The van der Waals surface area contributed by atoms with Crippen LogP contribution < -0.4 is 4.74 Å². The zero-order valence-electron chi connectivity index (χ0n) is 18.4. The third kappa shape index (κ3) is 5.02. The zero-order chi connectivity index (χ0) is 22.3. The molecule has 4 rings (SSSR count). The van der Waals surface area contributed by atoms with Crippen LogP contribution in [0.1, 0.15) is 37.3 Å². The summed E-state index contributed by atoms with van der Waals surface area (Å²) in [6.45, 7) is 2.61. The first-order chi connectivity index (χ1) is 15.7. The number of ether oxygens (including phenoxy) is 1. The highest BCUT2D eigenvalue weighted by Crippen LogP contribution is 2.32. The highest BCUT2D eigenvalue weighted by Gasteiger charge is 2.37. The minimum atomic E-state index is -0.0975. The van der Waals surface area contributed by atoms with Gasteiger partial charge in [-0.15, -0.1) is 5.10 Å². The number of carbonyl (C=O) groups is 1. The molecule has 164 valence electrons. The van der Waals surface area contributed by atoms with Crippen LogP contribution in [-0.2, 0) is 11.3 Å². The number of unbranched alkanes of at least 4 members (excludes halogenated alkanes) is 1. The maximum absolute atomic E-state index is 13.1. The second-order valence-electron chi connectivity index (χ2n) is 7.72. The molecule has 6 heteroatoms. The number of hydrogen-bond donors (Lipinski definition) is 0. The van der Waals surface area contributed by atoms with Gasteiger partial charge in [0, 0.05) is 5.56 Å². The predicted octanol–water partition coefficient (Wildman–Crippen LogP) is 5.87. The Kier molecular flexibility index (Phi) is 7.22. The van der Waals surface area contributed by atoms with Gasteiger partial charge < -0.3 is 4.74 Å². The summed E-state index contributed by atoms with van der Waals surface area (Å²) in [5.74, 6) is 0.906. The molecule has 0 N–H and O–H groups in total. The Morgan fingerprint density at radius 3 is 2.62 bits per heavy atom. The van der Waals surface area contributed by atoms with E-state index in [1.807, 2.05) is 48.5 Å². The molecule has 0 aromatic heterocycles. The molecule has 1 aliphatic rings. The van der Waals surface area contributed by atoms with Crippen LogP contribution in [0.4, 0.5) is 0 Å². The highest BCUT2D eigenvalue weighted by atomic mass is 32.2. The monoisotopic (exact) mass is 445 g/mol. The first-order valence-electron chi connectivity index (χ1n) is 10.9. The fraction of sp³-hybridized carbons (Fsp3) is 0.269. The standard InChI is InChI=1S/C26H27N3O2S/c1-3-4-12-24-25(30)29(18-19-13-15-22(31-2)16-14-19)26(32-24)28-27-17-21-10-7-9-20-8-5-6-11-23(20)21/h5-11,13-17,24H,3-4,12,18H2,1-2H3/b27-17+,28-26-. The number of hydrogen-bond acceptors (Lipinski definition) is 5. The van der Waals surface area contributed by atoms with Gasteiger partial charge in [0.15, 0.2) is 5.17 Å². The summed E-state index contributed by atoms with van der Waals surface area (Å²) in [6, 6.07) is 22.1. The fourth-order valence-corrected chi connectivity index (χ4v) is 4.86. The Labute approximate surface area is 193 Å². The lowest BCUT2D eigenvalue weighted by Crippen LogP contribution is -2.31. The van der Waals surface area contributed by atoms with Gasteiger partial charge in [0.05, 0.1) is 25.1 Å². The molecule has 3 aromatic carbocycles. The van der Waals surface area contributed by atoms with Crippen LogP contribution in [-0.4, -0.2) is 34.5 Å². The molecule has 1 atom stereocenters. The van der Waals surface area contributed by atoms with Gasteiger partial charge in [-0.2, -0.15) is 5.10 Å². The number of amidine groups is 1. The molecule has 0 saturated carbocycles.